The number of carbonyl (C=O) groups excluding carboxylic acids is 1. The Morgan fingerprint density at radius 2 is 1.42 bits per heavy atom. The van der Waals surface area contributed by atoms with Crippen LogP contribution < -0.4 is 10.4 Å². The number of rotatable bonds is 4. The Labute approximate surface area is 154 Å². The van der Waals surface area contributed by atoms with E-state index in [2.05, 4.69) is 31.2 Å². The summed E-state index contributed by atoms with van der Waals surface area (Å²) < 4.78 is 0. The van der Waals surface area contributed by atoms with E-state index in [-0.39, 0.29) is 11.3 Å². The third kappa shape index (κ3) is 4.09. The summed E-state index contributed by atoms with van der Waals surface area (Å²) in [7, 11) is 0. The summed E-state index contributed by atoms with van der Waals surface area (Å²) in [4.78, 5) is 17.3. The average molecular weight is 345 g/mol. The van der Waals surface area contributed by atoms with E-state index in [9.17, 15) is 4.79 Å². The van der Waals surface area contributed by atoms with Crippen molar-refractivity contribution >= 4 is 17.3 Å². The molecule has 2 aromatic carbocycles. The lowest BCUT2D eigenvalue weighted by atomic mass is 9.91. The maximum Gasteiger partial charge on any atom is 0.270 e. The van der Waals surface area contributed by atoms with Crippen molar-refractivity contribution in [3.05, 3.63) is 90.3 Å². The summed E-state index contributed by atoms with van der Waals surface area (Å²) in [6.45, 7) is 6.24. The van der Waals surface area contributed by atoms with Crippen molar-refractivity contribution in [3.8, 4) is 0 Å². The Bertz CT molecular complexity index is 831. The summed E-state index contributed by atoms with van der Waals surface area (Å²) in [5, 5.41) is 1.79. The van der Waals surface area contributed by atoms with Gasteiger partial charge >= 0.3 is 0 Å². The molecule has 0 unspecified atom stereocenters. The van der Waals surface area contributed by atoms with Gasteiger partial charge in [0.2, 0.25) is 0 Å². The van der Waals surface area contributed by atoms with Crippen LogP contribution in [0.25, 0.3) is 0 Å². The topological polar surface area (TPSA) is 45.2 Å². The van der Waals surface area contributed by atoms with Crippen molar-refractivity contribution in [2.45, 2.75) is 26.2 Å². The summed E-state index contributed by atoms with van der Waals surface area (Å²) in [5.41, 5.74) is 6.14. The van der Waals surface area contributed by atoms with Gasteiger partial charge in [0.05, 0.1) is 11.4 Å². The van der Waals surface area contributed by atoms with E-state index in [0.717, 1.165) is 17.1 Å². The van der Waals surface area contributed by atoms with E-state index in [4.69, 9.17) is 0 Å². The van der Waals surface area contributed by atoms with Gasteiger partial charge < -0.3 is 0 Å². The van der Waals surface area contributed by atoms with Gasteiger partial charge in [-0.25, -0.2) is 0 Å². The molecule has 0 aliphatic rings. The van der Waals surface area contributed by atoms with Gasteiger partial charge in [0.25, 0.3) is 5.91 Å². The van der Waals surface area contributed by atoms with Crippen LogP contribution in [0.1, 0.15) is 36.8 Å². The minimum absolute atomic E-state index is 0.116. The lowest BCUT2D eigenvalue weighted by Crippen LogP contribution is -2.39. The zero-order chi connectivity index (χ0) is 18.6. The van der Waals surface area contributed by atoms with Crippen LogP contribution in [0, 0.1) is 0 Å². The zero-order valence-corrected chi connectivity index (χ0v) is 15.3. The quantitative estimate of drug-likeness (QED) is 0.687. The highest BCUT2D eigenvalue weighted by molar-refractivity contribution is 5.96. The highest BCUT2D eigenvalue weighted by atomic mass is 16.2. The number of hydrazine groups is 1. The maximum absolute atomic E-state index is 12.9. The fraction of sp³-hybridized carbons (Fsp3) is 0.182. The molecule has 0 saturated heterocycles. The number of amides is 1. The van der Waals surface area contributed by atoms with Gasteiger partial charge in [0.1, 0.15) is 0 Å². The Morgan fingerprint density at radius 1 is 0.885 bits per heavy atom. The fourth-order valence-corrected chi connectivity index (χ4v) is 2.58. The number of benzene rings is 2. The van der Waals surface area contributed by atoms with Crippen molar-refractivity contribution in [3.63, 3.8) is 0 Å². The summed E-state index contributed by atoms with van der Waals surface area (Å²) in [5.74, 6) is -0.175. The maximum atomic E-state index is 12.9. The first kappa shape index (κ1) is 17.7. The largest absolute Gasteiger partial charge is 0.270 e. The van der Waals surface area contributed by atoms with E-state index >= 15 is 0 Å². The van der Waals surface area contributed by atoms with Crippen LogP contribution in [0.4, 0.5) is 11.4 Å². The second-order valence-electron chi connectivity index (χ2n) is 7.13. The third-order valence-electron chi connectivity index (χ3n) is 4.03. The molecule has 1 amide bonds. The number of carbonyl (C=O) groups is 1. The molecule has 3 aromatic rings. The normalized spacial score (nSPS) is 11.0. The molecule has 0 spiro atoms. The number of hydrogen-bond acceptors (Lipinski definition) is 3. The zero-order valence-electron chi connectivity index (χ0n) is 15.3. The molecule has 0 radical (unpaired) electrons. The van der Waals surface area contributed by atoms with Gasteiger partial charge in [0.15, 0.2) is 0 Å². The van der Waals surface area contributed by atoms with E-state index < -0.39 is 0 Å². The Hall–Kier alpha value is -3.14. The second-order valence-corrected chi connectivity index (χ2v) is 7.13. The molecule has 1 aromatic heterocycles. The van der Waals surface area contributed by atoms with Crippen LogP contribution in [-0.4, -0.2) is 10.9 Å². The summed E-state index contributed by atoms with van der Waals surface area (Å²) in [6, 6.07) is 23.1. The Morgan fingerprint density at radius 3 is 1.92 bits per heavy atom. The van der Waals surface area contributed by atoms with Crippen LogP contribution in [0.5, 0.6) is 0 Å². The van der Waals surface area contributed by atoms with Gasteiger partial charge in [-0.2, -0.15) is 0 Å². The molecular formula is C22H23N3O. The van der Waals surface area contributed by atoms with Crippen molar-refractivity contribution in [2.75, 3.05) is 5.01 Å². The van der Waals surface area contributed by atoms with E-state index in [1.165, 1.54) is 0 Å². The van der Waals surface area contributed by atoms with Crippen LogP contribution in [0.2, 0.25) is 0 Å². The lowest BCUT2D eigenvalue weighted by Gasteiger charge is -2.26. The van der Waals surface area contributed by atoms with Crippen LogP contribution in [0.15, 0.2) is 79.0 Å². The van der Waals surface area contributed by atoms with Gasteiger partial charge in [0, 0.05) is 22.9 Å². The smallest absolute Gasteiger partial charge is 0.267 e. The second kappa shape index (κ2) is 7.40. The van der Waals surface area contributed by atoms with Crippen molar-refractivity contribution < 1.29 is 4.79 Å². The SMILES string of the molecule is CC(C)(C)c1cc(C(=O)NN(c2ccccc2)c2ccccc2)ccn1. The Balaban J connectivity index is 1.91. The van der Waals surface area contributed by atoms with Crippen molar-refractivity contribution in [1.29, 1.82) is 0 Å². The molecule has 1 heterocycles. The van der Waals surface area contributed by atoms with Crippen molar-refractivity contribution in [1.82, 2.24) is 10.4 Å². The highest BCUT2D eigenvalue weighted by Crippen LogP contribution is 2.24. The number of nitrogens with one attached hydrogen (secondary N) is 1. The predicted octanol–water partition coefficient (Wildman–Crippen LogP) is 4.86. The van der Waals surface area contributed by atoms with E-state index in [1.54, 1.807) is 17.3 Å². The van der Waals surface area contributed by atoms with Gasteiger partial charge in [-0.05, 0) is 36.4 Å². The Kier molecular flexibility index (Phi) is 5.03. The number of anilines is 2. The monoisotopic (exact) mass is 345 g/mol. The van der Waals surface area contributed by atoms with Gasteiger partial charge in [-0.15, -0.1) is 0 Å². The molecule has 0 atom stereocenters. The minimum atomic E-state index is -0.175. The number of hydrogen-bond donors (Lipinski definition) is 1. The first-order chi connectivity index (χ1) is 12.4. The van der Waals surface area contributed by atoms with E-state index in [1.807, 2.05) is 66.7 Å². The summed E-state index contributed by atoms with van der Waals surface area (Å²) >= 11 is 0. The van der Waals surface area contributed by atoms with Crippen LogP contribution in [-0.2, 0) is 5.41 Å². The first-order valence-electron chi connectivity index (χ1n) is 8.63. The average Bonchev–Trinajstić information content (AvgIpc) is 2.67. The molecule has 4 nitrogen and oxygen atoms in total. The minimum Gasteiger partial charge on any atom is -0.267 e. The predicted molar refractivity (Wildman–Crippen MR) is 105 cm³/mol. The highest BCUT2D eigenvalue weighted by Gasteiger charge is 2.19. The molecule has 26 heavy (non-hydrogen) atoms. The lowest BCUT2D eigenvalue weighted by molar-refractivity contribution is 0.0953. The van der Waals surface area contributed by atoms with Gasteiger partial charge in [-0.3, -0.25) is 20.2 Å². The molecule has 0 fully saturated rings. The molecule has 132 valence electrons. The number of pyridine rings is 1. The number of nitrogens with zero attached hydrogens (tertiary/aromatic N) is 2. The molecule has 0 aliphatic carbocycles. The number of para-hydroxylation sites is 2. The number of aromatic nitrogens is 1. The molecule has 0 aliphatic heterocycles. The van der Waals surface area contributed by atoms with Gasteiger partial charge in [-0.1, -0.05) is 57.2 Å². The molecular weight excluding hydrogens is 322 g/mol. The van der Waals surface area contributed by atoms with Crippen LogP contribution in [0.3, 0.4) is 0 Å². The van der Waals surface area contributed by atoms with E-state index in [0.29, 0.717) is 5.56 Å². The molecule has 3 rings (SSSR count). The standard InChI is InChI=1S/C22H23N3O/c1-22(2,3)20-16-17(14-15-23-20)21(26)24-25(18-10-6-4-7-11-18)19-12-8-5-9-13-19/h4-16H,1-3H3,(H,24,26). The molecule has 4 heteroatoms. The third-order valence-corrected chi connectivity index (χ3v) is 4.03. The molecule has 0 saturated carbocycles. The van der Waals surface area contributed by atoms with Crippen molar-refractivity contribution in [2.24, 2.45) is 0 Å². The molecule has 1 N–H and O–H groups in total. The van der Waals surface area contributed by atoms with Crippen LogP contribution >= 0.6 is 0 Å². The summed E-state index contributed by atoms with van der Waals surface area (Å²) in [6.07, 6.45) is 1.69. The fourth-order valence-electron chi connectivity index (χ4n) is 2.58. The first-order valence-corrected chi connectivity index (χ1v) is 8.63. The molecule has 0 bridgehead atoms.